The summed E-state index contributed by atoms with van der Waals surface area (Å²) in [5.41, 5.74) is 6.11. The maximum absolute atomic E-state index is 5.34. The number of benzene rings is 2. The third-order valence-corrected chi connectivity index (χ3v) is 4.57. The molecule has 0 atom stereocenters. The van der Waals surface area contributed by atoms with E-state index in [0.717, 1.165) is 17.8 Å². The third-order valence-electron chi connectivity index (χ3n) is 4.57. The summed E-state index contributed by atoms with van der Waals surface area (Å²) in [6.45, 7) is 0.929. The van der Waals surface area contributed by atoms with Crippen LogP contribution in [0.1, 0.15) is 11.1 Å². The Bertz CT molecular complexity index is 955. The number of hydrogen-bond donors (Lipinski definition) is 1. The molecule has 1 N–H and O–H groups in total. The highest BCUT2D eigenvalue weighted by Gasteiger charge is 2.13. The van der Waals surface area contributed by atoms with E-state index >= 15 is 0 Å². The van der Waals surface area contributed by atoms with Gasteiger partial charge < -0.3 is 14.6 Å². The lowest BCUT2D eigenvalue weighted by Gasteiger charge is -2.26. The molecule has 0 bridgehead atoms. The standard InChI is InChI=1S/C21H20N2O.HI/c1-23-12-11-15(18-5-3-4-6-21(18)23)7-8-16-14-22-20-10-9-17(24-2)13-19(16)20;/h3-11,13-14,22H,12H2,1-2H3;1H/b8-7+;. The second-order valence-electron chi connectivity index (χ2n) is 6.05. The van der Waals surface area contributed by atoms with Crippen molar-refractivity contribution in [3.63, 3.8) is 0 Å². The molecule has 0 unspecified atom stereocenters. The number of rotatable bonds is 3. The van der Waals surface area contributed by atoms with Crippen LogP contribution in [-0.2, 0) is 0 Å². The highest BCUT2D eigenvalue weighted by Crippen LogP contribution is 2.32. The average Bonchev–Trinajstić information content (AvgIpc) is 3.03. The number of hydrogen-bond acceptors (Lipinski definition) is 2. The number of halogens is 1. The minimum atomic E-state index is 0. The van der Waals surface area contributed by atoms with Gasteiger partial charge in [0.15, 0.2) is 0 Å². The minimum absolute atomic E-state index is 0. The molecule has 0 amide bonds. The van der Waals surface area contributed by atoms with E-state index < -0.39 is 0 Å². The molecule has 25 heavy (non-hydrogen) atoms. The Labute approximate surface area is 165 Å². The summed E-state index contributed by atoms with van der Waals surface area (Å²) in [5.74, 6) is 0.876. The number of para-hydroxylation sites is 1. The molecule has 0 spiro atoms. The lowest BCUT2D eigenvalue weighted by molar-refractivity contribution is 0.415. The zero-order valence-corrected chi connectivity index (χ0v) is 16.7. The van der Waals surface area contributed by atoms with E-state index in [9.17, 15) is 0 Å². The van der Waals surface area contributed by atoms with Crippen LogP contribution < -0.4 is 9.64 Å². The van der Waals surface area contributed by atoms with Gasteiger partial charge in [-0.2, -0.15) is 0 Å². The quantitative estimate of drug-likeness (QED) is 0.553. The number of anilines is 1. The first-order valence-corrected chi connectivity index (χ1v) is 8.10. The number of aromatic nitrogens is 1. The normalized spacial score (nSPS) is 13.5. The van der Waals surface area contributed by atoms with Gasteiger partial charge in [-0.3, -0.25) is 0 Å². The molecule has 3 aromatic rings. The molecular formula is C21H21IN2O. The molecule has 1 aromatic heterocycles. The maximum atomic E-state index is 5.34. The van der Waals surface area contributed by atoms with Crippen molar-refractivity contribution in [2.45, 2.75) is 0 Å². The summed E-state index contributed by atoms with van der Waals surface area (Å²) in [6.07, 6.45) is 8.69. The summed E-state index contributed by atoms with van der Waals surface area (Å²) >= 11 is 0. The van der Waals surface area contributed by atoms with Gasteiger partial charge in [-0.05, 0) is 35.4 Å². The second kappa shape index (κ2) is 7.35. The fourth-order valence-electron chi connectivity index (χ4n) is 3.22. The summed E-state index contributed by atoms with van der Waals surface area (Å²) in [5, 5.41) is 1.17. The van der Waals surface area contributed by atoms with E-state index in [2.05, 4.69) is 71.6 Å². The van der Waals surface area contributed by atoms with Crippen LogP contribution in [0.3, 0.4) is 0 Å². The number of aromatic amines is 1. The Hall–Kier alpha value is -2.21. The molecule has 0 fully saturated rings. The number of ether oxygens (including phenoxy) is 1. The van der Waals surface area contributed by atoms with Crippen molar-refractivity contribution >= 4 is 52.2 Å². The predicted octanol–water partition coefficient (Wildman–Crippen LogP) is 5.34. The molecule has 0 saturated heterocycles. The fourth-order valence-corrected chi connectivity index (χ4v) is 3.22. The van der Waals surface area contributed by atoms with Crippen LogP contribution in [-0.4, -0.2) is 25.7 Å². The number of nitrogens with zero attached hydrogens (tertiary/aromatic N) is 1. The number of methoxy groups -OCH3 is 1. The van der Waals surface area contributed by atoms with Gasteiger partial charge in [-0.1, -0.05) is 36.4 Å². The summed E-state index contributed by atoms with van der Waals surface area (Å²) in [4.78, 5) is 5.59. The largest absolute Gasteiger partial charge is 0.497 e. The zero-order chi connectivity index (χ0) is 16.5. The van der Waals surface area contributed by atoms with Gasteiger partial charge in [0.1, 0.15) is 5.75 Å². The van der Waals surface area contributed by atoms with Crippen molar-refractivity contribution in [2.75, 3.05) is 25.6 Å². The van der Waals surface area contributed by atoms with Crippen molar-refractivity contribution in [2.24, 2.45) is 0 Å². The molecular weight excluding hydrogens is 423 g/mol. The van der Waals surface area contributed by atoms with Crippen LogP contribution in [0.2, 0.25) is 0 Å². The van der Waals surface area contributed by atoms with E-state index in [1.807, 2.05) is 12.3 Å². The summed E-state index contributed by atoms with van der Waals surface area (Å²) < 4.78 is 5.34. The van der Waals surface area contributed by atoms with Crippen molar-refractivity contribution in [1.29, 1.82) is 0 Å². The topological polar surface area (TPSA) is 28.3 Å². The van der Waals surface area contributed by atoms with E-state index in [1.54, 1.807) is 7.11 Å². The lowest BCUT2D eigenvalue weighted by Crippen LogP contribution is -2.21. The van der Waals surface area contributed by atoms with Crippen LogP contribution >= 0.6 is 24.0 Å². The van der Waals surface area contributed by atoms with Crippen molar-refractivity contribution < 1.29 is 4.74 Å². The first-order chi connectivity index (χ1) is 11.8. The Balaban J connectivity index is 0.00000182. The lowest BCUT2D eigenvalue weighted by atomic mass is 9.98. The molecule has 4 heteroatoms. The number of fused-ring (bicyclic) bond motifs is 2. The van der Waals surface area contributed by atoms with E-state index in [-0.39, 0.29) is 24.0 Å². The molecule has 0 saturated carbocycles. The number of nitrogens with one attached hydrogen (secondary N) is 1. The highest BCUT2D eigenvalue weighted by atomic mass is 127. The Morgan fingerprint density at radius 3 is 2.80 bits per heavy atom. The first-order valence-electron chi connectivity index (χ1n) is 8.10. The van der Waals surface area contributed by atoms with Crippen LogP contribution in [0.4, 0.5) is 5.69 Å². The molecule has 0 aliphatic carbocycles. The van der Waals surface area contributed by atoms with Crippen molar-refractivity contribution in [1.82, 2.24) is 4.98 Å². The van der Waals surface area contributed by atoms with Gasteiger partial charge in [0.25, 0.3) is 0 Å². The van der Waals surface area contributed by atoms with Crippen LogP contribution in [0.25, 0.3) is 22.6 Å². The number of allylic oxidation sites excluding steroid dienone is 2. The summed E-state index contributed by atoms with van der Waals surface area (Å²) in [6, 6.07) is 14.6. The average molecular weight is 444 g/mol. The van der Waals surface area contributed by atoms with E-state index in [4.69, 9.17) is 4.74 Å². The molecule has 2 heterocycles. The third kappa shape index (κ3) is 3.31. The van der Waals surface area contributed by atoms with Gasteiger partial charge in [0.2, 0.25) is 0 Å². The molecule has 2 aromatic carbocycles. The molecule has 128 valence electrons. The Morgan fingerprint density at radius 1 is 1.12 bits per heavy atom. The maximum Gasteiger partial charge on any atom is 0.119 e. The Kier molecular flexibility index (Phi) is 5.18. The zero-order valence-electron chi connectivity index (χ0n) is 14.3. The Morgan fingerprint density at radius 2 is 1.96 bits per heavy atom. The van der Waals surface area contributed by atoms with E-state index in [0.29, 0.717) is 0 Å². The summed E-state index contributed by atoms with van der Waals surface area (Å²) in [7, 11) is 3.82. The van der Waals surface area contributed by atoms with Gasteiger partial charge in [-0.25, -0.2) is 0 Å². The predicted molar refractivity (Wildman–Crippen MR) is 117 cm³/mol. The minimum Gasteiger partial charge on any atom is -0.497 e. The molecule has 3 nitrogen and oxygen atoms in total. The van der Waals surface area contributed by atoms with E-state index in [1.165, 1.54) is 27.8 Å². The van der Waals surface area contributed by atoms with Crippen LogP contribution in [0, 0.1) is 0 Å². The number of H-pyrrole nitrogens is 1. The monoisotopic (exact) mass is 444 g/mol. The highest BCUT2D eigenvalue weighted by molar-refractivity contribution is 14.0. The molecule has 0 radical (unpaired) electrons. The van der Waals surface area contributed by atoms with Gasteiger partial charge in [0, 0.05) is 41.9 Å². The molecule has 1 aliphatic heterocycles. The number of likely N-dealkylation sites (N-methyl/N-ethyl adjacent to an activating group) is 1. The van der Waals surface area contributed by atoms with Gasteiger partial charge >= 0.3 is 0 Å². The molecule has 1 aliphatic rings. The van der Waals surface area contributed by atoms with Crippen LogP contribution in [0.5, 0.6) is 5.75 Å². The second-order valence-corrected chi connectivity index (χ2v) is 6.05. The van der Waals surface area contributed by atoms with Crippen molar-refractivity contribution in [3.8, 4) is 5.75 Å². The SMILES string of the molecule is COc1ccc2[nH]cc(/C=C/C3=CCN(C)c4ccccc43)c2c1.I. The van der Waals surface area contributed by atoms with Crippen LogP contribution in [0.15, 0.2) is 60.8 Å². The van der Waals surface area contributed by atoms with Crippen molar-refractivity contribution in [3.05, 3.63) is 71.9 Å². The van der Waals surface area contributed by atoms with Gasteiger partial charge in [0.05, 0.1) is 7.11 Å². The van der Waals surface area contributed by atoms with Gasteiger partial charge in [-0.15, -0.1) is 24.0 Å². The smallest absolute Gasteiger partial charge is 0.119 e. The molecule has 4 rings (SSSR count). The fraction of sp³-hybridized carbons (Fsp3) is 0.143. The first kappa shape index (κ1) is 17.6.